The number of aromatic nitrogens is 1. The second-order valence-electron chi connectivity index (χ2n) is 6.62. The van der Waals surface area contributed by atoms with Gasteiger partial charge in [-0.25, -0.2) is 18.8 Å². The number of carbonyl (C=O) groups excluding carboxylic acids is 1. The monoisotopic (exact) mass is 514 g/mol. The molecule has 1 N–H and O–H groups in total. The Kier molecular flexibility index (Phi) is 7.45. The first-order chi connectivity index (χ1) is 15.1. The first-order valence-electron chi connectivity index (χ1n) is 8.97. The van der Waals surface area contributed by atoms with Gasteiger partial charge in [-0.3, -0.25) is 9.10 Å². The van der Waals surface area contributed by atoms with Crippen LogP contribution in [-0.2, 0) is 14.8 Å². The normalized spacial score (nSPS) is 11.7. The summed E-state index contributed by atoms with van der Waals surface area (Å²) in [7, 11) is -2.24. The van der Waals surface area contributed by atoms with Gasteiger partial charge in [-0.05, 0) is 36.4 Å². The van der Waals surface area contributed by atoms with Gasteiger partial charge in [0.25, 0.3) is 5.91 Å². The van der Waals surface area contributed by atoms with Crippen molar-refractivity contribution in [2.45, 2.75) is 0 Å². The van der Waals surface area contributed by atoms with Crippen molar-refractivity contribution in [1.82, 2.24) is 10.4 Å². The van der Waals surface area contributed by atoms with E-state index >= 15 is 0 Å². The number of carbonyl (C=O) groups is 1. The molecule has 3 aromatic rings. The van der Waals surface area contributed by atoms with Crippen LogP contribution in [0.3, 0.4) is 0 Å². The average molecular weight is 516 g/mol. The van der Waals surface area contributed by atoms with Gasteiger partial charge in [-0.15, -0.1) is 0 Å². The van der Waals surface area contributed by atoms with Gasteiger partial charge >= 0.3 is 0 Å². The quantitative estimate of drug-likeness (QED) is 0.290. The fraction of sp³-hybridized carbons (Fsp3) is 0.150. The number of hydrogen-bond donors (Lipinski definition) is 1. The highest BCUT2D eigenvalue weighted by Crippen LogP contribution is 2.27. The first kappa shape index (κ1) is 24.1. The molecule has 8 nitrogen and oxygen atoms in total. The summed E-state index contributed by atoms with van der Waals surface area (Å²) in [6, 6.07) is 11.3. The SMILES string of the molecule is COc1ccc2cc(/C=N\NC(=O)CN(c3cc(Cl)cc(Cl)c3)S(C)(=O)=O)c(Cl)nc2c1. The molecule has 12 heteroatoms. The summed E-state index contributed by atoms with van der Waals surface area (Å²) in [5.74, 6) is -0.0384. The number of anilines is 1. The Labute approximate surface area is 199 Å². The van der Waals surface area contributed by atoms with Crippen LogP contribution in [0.4, 0.5) is 5.69 Å². The van der Waals surface area contributed by atoms with Crippen LogP contribution in [0.1, 0.15) is 5.56 Å². The van der Waals surface area contributed by atoms with E-state index in [1.54, 1.807) is 25.3 Å². The number of nitrogens with one attached hydrogen (secondary N) is 1. The molecule has 1 heterocycles. The van der Waals surface area contributed by atoms with E-state index in [0.717, 1.165) is 15.9 Å². The summed E-state index contributed by atoms with van der Waals surface area (Å²) in [6.07, 6.45) is 2.28. The van der Waals surface area contributed by atoms with Gasteiger partial charge in [0, 0.05) is 27.1 Å². The lowest BCUT2D eigenvalue weighted by Gasteiger charge is -2.21. The number of hydrogen-bond acceptors (Lipinski definition) is 6. The topological polar surface area (TPSA) is 101 Å². The van der Waals surface area contributed by atoms with Crippen LogP contribution in [0.15, 0.2) is 47.6 Å². The van der Waals surface area contributed by atoms with Crippen LogP contribution in [0, 0.1) is 0 Å². The smallest absolute Gasteiger partial charge is 0.260 e. The maximum absolute atomic E-state index is 12.3. The van der Waals surface area contributed by atoms with Crippen LogP contribution < -0.4 is 14.5 Å². The Morgan fingerprint density at radius 1 is 1.16 bits per heavy atom. The van der Waals surface area contributed by atoms with E-state index in [-0.39, 0.29) is 20.9 Å². The van der Waals surface area contributed by atoms with Gasteiger partial charge in [0.2, 0.25) is 10.0 Å². The molecule has 2 aromatic carbocycles. The molecular weight excluding hydrogens is 499 g/mol. The van der Waals surface area contributed by atoms with E-state index in [0.29, 0.717) is 16.8 Å². The maximum Gasteiger partial charge on any atom is 0.260 e. The molecule has 0 aliphatic heterocycles. The van der Waals surface area contributed by atoms with Gasteiger partial charge in [-0.2, -0.15) is 5.10 Å². The van der Waals surface area contributed by atoms with E-state index in [1.807, 2.05) is 6.07 Å². The van der Waals surface area contributed by atoms with Crippen molar-refractivity contribution >= 4 is 73.5 Å². The van der Waals surface area contributed by atoms with E-state index in [9.17, 15) is 13.2 Å². The third-order valence-electron chi connectivity index (χ3n) is 4.22. The molecule has 0 aliphatic carbocycles. The number of fused-ring (bicyclic) bond motifs is 1. The third-order valence-corrected chi connectivity index (χ3v) is 6.10. The highest BCUT2D eigenvalue weighted by Gasteiger charge is 2.21. The van der Waals surface area contributed by atoms with Crippen LogP contribution in [-0.4, -0.2) is 45.4 Å². The van der Waals surface area contributed by atoms with Crippen LogP contribution in [0.25, 0.3) is 10.9 Å². The Morgan fingerprint density at radius 2 is 1.84 bits per heavy atom. The number of methoxy groups -OCH3 is 1. The molecule has 168 valence electrons. The zero-order valence-electron chi connectivity index (χ0n) is 16.8. The molecule has 0 unspecified atom stereocenters. The molecule has 0 saturated carbocycles. The van der Waals surface area contributed by atoms with Gasteiger partial charge in [0.15, 0.2) is 0 Å². The van der Waals surface area contributed by atoms with Crippen molar-refractivity contribution in [2.24, 2.45) is 5.10 Å². The van der Waals surface area contributed by atoms with Crippen molar-refractivity contribution in [2.75, 3.05) is 24.2 Å². The first-order valence-corrected chi connectivity index (χ1v) is 11.9. The fourth-order valence-corrected chi connectivity index (χ4v) is 4.33. The Morgan fingerprint density at radius 3 is 2.47 bits per heavy atom. The molecule has 1 amide bonds. The average Bonchev–Trinajstić information content (AvgIpc) is 2.70. The van der Waals surface area contributed by atoms with Crippen LogP contribution in [0.2, 0.25) is 15.2 Å². The summed E-state index contributed by atoms with van der Waals surface area (Å²) in [5, 5.41) is 5.30. The molecule has 0 spiro atoms. The number of pyridine rings is 1. The molecule has 0 atom stereocenters. The second-order valence-corrected chi connectivity index (χ2v) is 9.76. The minimum atomic E-state index is -3.80. The predicted octanol–water partition coefficient (Wildman–Crippen LogP) is 4.12. The molecule has 0 fully saturated rings. The summed E-state index contributed by atoms with van der Waals surface area (Å²) in [4.78, 5) is 16.6. The van der Waals surface area contributed by atoms with Gasteiger partial charge in [-0.1, -0.05) is 34.8 Å². The van der Waals surface area contributed by atoms with E-state index in [2.05, 4.69) is 15.5 Å². The van der Waals surface area contributed by atoms with E-state index in [1.165, 1.54) is 24.4 Å². The lowest BCUT2D eigenvalue weighted by atomic mass is 10.1. The van der Waals surface area contributed by atoms with Crippen LogP contribution in [0.5, 0.6) is 5.75 Å². The number of hydrazone groups is 1. The van der Waals surface area contributed by atoms with E-state index < -0.39 is 22.5 Å². The molecule has 1 aromatic heterocycles. The fourth-order valence-electron chi connectivity index (χ4n) is 2.78. The predicted molar refractivity (Wildman–Crippen MR) is 128 cm³/mol. The van der Waals surface area contributed by atoms with E-state index in [4.69, 9.17) is 39.5 Å². The molecule has 0 saturated heterocycles. The molecule has 0 bridgehead atoms. The van der Waals surface area contributed by atoms with Gasteiger partial charge in [0.05, 0.1) is 30.8 Å². The number of rotatable bonds is 7. The number of halogens is 3. The highest BCUT2D eigenvalue weighted by molar-refractivity contribution is 7.92. The van der Waals surface area contributed by atoms with Gasteiger partial charge in [0.1, 0.15) is 17.4 Å². The van der Waals surface area contributed by atoms with Crippen molar-refractivity contribution in [3.05, 3.63) is 63.2 Å². The maximum atomic E-state index is 12.3. The number of sulfonamides is 1. The molecule has 0 radical (unpaired) electrons. The summed E-state index contributed by atoms with van der Waals surface area (Å²) in [6.45, 7) is -0.531. The van der Waals surface area contributed by atoms with Crippen LogP contribution >= 0.6 is 34.8 Å². The molecule has 3 rings (SSSR count). The van der Waals surface area contributed by atoms with Crippen molar-refractivity contribution in [3.63, 3.8) is 0 Å². The standard InChI is InChI=1S/C20H17Cl3N4O4S/c1-31-17-4-3-12-5-13(20(23)25-18(12)9-17)10-24-26-19(28)11-27(32(2,29)30)16-7-14(21)6-15(22)8-16/h3-10H,11H2,1-2H3,(H,26,28)/b24-10-. The van der Waals surface area contributed by atoms with Gasteiger partial charge < -0.3 is 4.74 Å². The Balaban J connectivity index is 1.76. The molecule has 0 aliphatic rings. The minimum Gasteiger partial charge on any atom is -0.497 e. The number of amides is 1. The Bertz CT molecular complexity index is 1300. The number of benzene rings is 2. The number of nitrogens with zero attached hydrogens (tertiary/aromatic N) is 3. The largest absolute Gasteiger partial charge is 0.497 e. The summed E-state index contributed by atoms with van der Waals surface area (Å²) < 4.78 is 30.4. The summed E-state index contributed by atoms with van der Waals surface area (Å²) in [5.41, 5.74) is 3.53. The Hall–Kier alpha value is -2.59. The second kappa shape index (κ2) is 9.91. The van der Waals surface area contributed by atoms with Crippen molar-refractivity contribution < 1.29 is 17.9 Å². The highest BCUT2D eigenvalue weighted by atomic mass is 35.5. The zero-order valence-corrected chi connectivity index (χ0v) is 19.9. The summed E-state index contributed by atoms with van der Waals surface area (Å²) >= 11 is 18.1. The lowest BCUT2D eigenvalue weighted by Crippen LogP contribution is -2.39. The van der Waals surface area contributed by atoms with Crippen molar-refractivity contribution in [3.8, 4) is 5.75 Å². The third kappa shape index (κ3) is 6.01. The molecular formula is C20H17Cl3N4O4S. The van der Waals surface area contributed by atoms with Crippen molar-refractivity contribution in [1.29, 1.82) is 0 Å². The zero-order chi connectivity index (χ0) is 23.5. The lowest BCUT2D eigenvalue weighted by molar-refractivity contribution is -0.119. The number of ether oxygens (including phenoxy) is 1. The molecule has 32 heavy (non-hydrogen) atoms. The minimum absolute atomic E-state index is 0.154.